The van der Waals surface area contributed by atoms with Crippen LogP contribution in [0.25, 0.3) is 0 Å². The first-order valence-corrected chi connectivity index (χ1v) is 9.95. The Labute approximate surface area is 155 Å². The summed E-state index contributed by atoms with van der Waals surface area (Å²) in [6.45, 7) is 11.5. The van der Waals surface area contributed by atoms with Crippen molar-refractivity contribution in [2.45, 2.75) is 25.2 Å². The third-order valence-corrected chi connectivity index (χ3v) is 5.45. The number of ether oxygens (including phenoxy) is 3. The van der Waals surface area contributed by atoms with E-state index in [0.717, 1.165) is 85.7 Å². The van der Waals surface area contributed by atoms with E-state index in [9.17, 15) is 5.21 Å². The Morgan fingerprint density at radius 1 is 1.16 bits per heavy atom. The lowest BCUT2D eigenvalue weighted by Crippen LogP contribution is -2.38. The number of hydrogen-bond acceptors (Lipinski definition) is 6. The van der Waals surface area contributed by atoms with Crippen LogP contribution < -0.4 is 4.73 Å². The predicted octanol–water partition coefficient (Wildman–Crippen LogP) is 1.78. The molecule has 1 aromatic rings. The van der Waals surface area contributed by atoms with E-state index < -0.39 is 0 Å². The molecule has 0 aliphatic carbocycles. The highest BCUT2D eigenvalue weighted by atomic mass is 32.2. The smallest absolute Gasteiger partial charge is 0.193 e. The molecule has 1 aliphatic rings. The summed E-state index contributed by atoms with van der Waals surface area (Å²) >= 11 is 1.73. The molecule has 0 saturated carbocycles. The van der Waals surface area contributed by atoms with Crippen LogP contribution in [0.1, 0.15) is 17.7 Å². The van der Waals surface area contributed by atoms with Crippen LogP contribution in [-0.4, -0.2) is 69.9 Å². The summed E-state index contributed by atoms with van der Waals surface area (Å²) < 4.78 is 17.5. The number of hydrogen-bond donors (Lipinski definition) is 0. The van der Waals surface area contributed by atoms with Gasteiger partial charge in [-0.1, -0.05) is 0 Å². The molecule has 0 spiro atoms. The average molecular weight is 371 g/mol. The summed E-state index contributed by atoms with van der Waals surface area (Å²) in [6, 6.07) is 1.88. The minimum Gasteiger partial charge on any atom is -0.619 e. The Bertz CT molecular complexity index is 510. The highest BCUT2D eigenvalue weighted by Gasteiger charge is 2.10. The van der Waals surface area contributed by atoms with Gasteiger partial charge in [0.1, 0.15) is 0 Å². The molecule has 1 aliphatic heterocycles. The second-order valence-corrected chi connectivity index (χ2v) is 7.23. The maximum Gasteiger partial charge on any atom is 0.193 e. The SMILES string of the molecule is Cc1c(SCCOCCCOCCN2CCOCC2)cc[n+]([O-])c1C. The van der Waals surface area contributed by atoms with Crippen LogP contribution >= 0.6 is 11.8 Å². The van der Waals surface area contributed by atoms with Gasteiger partial charge in [0.2, 0.25) is 0 Å². The zero-order valence-corrected chi connectivity index (χ0v) is 16.2. The van der Waals surface area contributed by atoms with Crippen LogP contribution in [0.4, 0.5) is 0 Å². The number of pyridine rings is 1. The lowest BCUT2D eigenvalue weighted by Gasteiger charge is -2.26. The van der Waals surface area contributed by atoms with Crippen molar-refractivity contribution in [1.82, 2.24) is 4.90 Å². The van der Waals surface area contributed by atoms with Crippen molar-refractivity contribution in [2.24, 2.45) is 0 Å². The van der Waals surface area contributed by atoms with Gasteiger partial charge in [-0.25, -0.2) is 0 Å². The number of nitrogens with zero attached hydrogens (tertiary/aromatic N) is 2. The normalized spacial score (nSPS) is 15.6. The summed E-state index contributed by atoms with van der Waals surface area (Å²) in [4.78, 5) is 3.53. The summed E-state index contributed by atoms with van der Waals surface area (Å²) in [7, 11) is 0. The number of thioether (sulfide) groups is 1. The van der Waals surface area contributed by atoms with Gasteiger partial charge in [0, 0.05) is 62.0 Å². The largest absolute Gasteiger partial charge is 0.619 e. The molecule has 1 saturated heterocycles. The Morgan fingerprint density at radius 2 is 1.88 bits per heavy atom. The highest BCUT2D eigenvalue weighted by Crippen LogP contribution is 2.22. The van der Waals surface area contributed by atoms with Gasteiger partial charge in [-0.05, 0) is 13.3 Å². The summed E-state index contributed by atoms with van der Waals surface area (Å²) in [5.74, 6) is 0.890. The molecule has 0 unspecified atom stereocenters. The monoisotopic (exact) mass is 370 g/mol. The first-order valence-electron chi connectivity index (χ1n) is 8.96. The van der Waals surface area contributed by atoms with Gasteiger partial charge in [-0.15, -0.1) is 11.8 Å². The van der Waals surface area contributed by atoms with Crippen LogP contribution in [0.15, 0.2) is 17.2 Å². The zero-order chi connectivity index (χ0) is 17.9. The molecule has 0 aromatic carbocycles. The van der Waals surface area contributed by atoms with Crippen LogP contribution in [-0.2, 0) is 14.2 Å². The molecule has 25 heavy (non-hydrogen) atoms. The van der Waals surface area contributed by atoms with Crippen molar-refractivity contribution in [1.29, 1.82) is 0 Å². The number of rotatable bonds is 11. The molecule has 142 valence electrons. The molecule has 2 rings (SSSR count). The van der Waals surface area contributed by atoms with Crippen molar-refractivity contribution in [3.8, 4) is 0 Å². The van der Waals surface area contributed by atoms with E-state index in [-0.39, 0.29) is 0 Å². The first kappa shape index (κ1) is 20.5. The highest BCUT2D eigenvalue weighted by molar-refractivity contribution is 7.99. The average Bonchev–Trinajstić information content (AvgIpc) is 2.64. The van der Waals surface area contributed by atoms with Crippen LogP contribution in [0.2, 0.25) is 0 Å². The van der Waals surface area contributed by atoms with Crippen molar-refractivity contribution in [2.75, 3.05) is 65.0 Å². The summed E-state index contributed by atoms with van der Waals surface area (Å²) in [6.07, 6.45) is 2.49. The quantitative estimate of drug-likeness (QED) is 0.256. The fraction of sp³-hybridized carbons (Fsp3) is 0.722. The third-order valence-electron chi connectivity index (χ3n) is 4.32. The van der Waals surface area contributed by atoms with Gasteiger partial charge in [-0.2, -0.15) is 4.73 Å². The molecule has 0 bridgehead atoms. The van der Waals surface area contributed by atoms with Crippen molar-refractivity contribution < 1.29 is 18.9 Å². The van der Waals surface area contributed by atoms with E-state index in [1.165, 1.54) is 0 Å². The Balaban J connectivity index is 1.43. The van der Waals surface area contributed by atoms with Gasteiger partial charge in [0.25, 0.3) is 0 Å². The summed E-state index contributed by atoms with van der Waals surface area (Å²) in [5, 5.41) is 11.5. The maximum atomic E-state index is 11.5. The maximum absolute atomic E-state index is 11.5. The Morgan fingerprint density at radius 3 is 2.64 bits per heavy atom. The standard InChI is InChI=1S/C18H30N2O4S/c1-16-17(2)20(21)5-4-18(16)25-15-14-23-10-3-9-22-11-6-19-7-12-24-13-8-19/h4-5H,3,6-15H2,1-2H3. The number of morpholine rings is 1. The van der Waals surface area contributed by atoms with Gasteiger partial charge in [-0.3, -0.25) is 4.90 Å². The second kappa shape index (κ2) is 11.7. The molecule has 0 N–H and O–H groups in total. The van der Waals surface area contributed by atoms with Gasteiger partial charge in [0.15, 0.2) is 11.9 Å². The lowest BCUT2D eigenvalue weighted by molar-refractivity contribution is -0.613. The van der Waals surface area contributed by atoms with E-state index in [2.05, 4.69) is 4.90 Å². The molecule has 2 heterocycles. The van der Waals surface area contributed by atoms with Gasteiger partial charge < -0.3 is 19.4 Å². The topological polar surface area (TPSA) is 57.9 Å². The molecule has 0 amide bonds. The van der Waals surface area contributed by atoms with Crippen LogP contribution in [0, 0.1) is 19.1 Å². The van der Waals surface area contributed by atoms with Crippen LogP contribution in [0.5, 0.6) is 0 Å². The molecule has 1 aromatic heterocycles. The minimum absolute atomic E-state index is 0.712. The minimum atomic E-state index is 0.712. The fourth-order valence-corrected chi connectivity index (χ4v) is 3.51. The predicted molar refractivity (Wildman–Crippen MR) is 99.1 cm³/mol. The number of aromatic nitrogens is 1. The molecular formula is C18H30N2O4S. The zero-order valence-electron chi connectivity index (χ0n) is 15.4. The second-order valence-electron chi connectivity index (χ2n) is 6.10. The van der Waals surface area contributed by atoms with Crippen molar-refractivity contribution in [3.05, 3.63) is 28.7 Å². The fourth-order valence-electron chi connectivity index (χ4n) is 2.57. The van der Waals surface area contributed by atoms with E-state index in [1.54, 1.807) is 18.0 Å². The van der Waals surface area contributed by atoms with E-state index in [1.807, 2.05) is 19.9 Å². The molecule has 0 radical (unpaired) electrons. The third kappa shape index (κ3) is 7.50. The molecule has 7 heteroatoms. The van der Waals surface area contributed by atoms with E-state index in [4.69, 9.17) is 14.2 Å². The van der Waals surface area contributed by atoms with E-state index in [0.29, 0.717) is 6.61 Å². The Kier molecular flexibility index (Phi) is 9.57. The van der Waals surface area contributed by atoms with Crippen molar-refractivity contribution >= 4 is 11.8 Å². The van der Waals surface area contributed by atoms with E-state index >= 15 is 0 Å². The lowest BCUT2D eigenvalue weighted by atomic mass is 10.2. The molecule has 6 nitrogen and oxygen atoms in total. The molecule has 1 fully saturated rings. The first-order chi connectivity index (χ1) is 12.2. The van der Waals surface area contributed by atoms with Crippen molar-refractivity contribution in [3.63, 3.8) is 0 Å². The Hall–Kier alpha value is -0.860. The molecule has 0 atom stereocenters. The van der Waals surface area contributed by atoms with Crippen LogP contribution in [0.3, 0.4) is 0 Å². The molecular weight excluding hydrogens is 340 g/mol. The summed E-state index contributed by atoms with van der Waals surface area (Å²) in [5.41, 5.74) is 1.82. The van der Waals surface area contributed by atoms with Gasteiger partial charge in [0.05, 0.1) is 26.4 Å². The van der Waals surface area contributed by atoms with Gasteiger partial charge >= 0.3 is 0 Å².